The number of thioether (sulfide) groups is 1. The maximum absolute atomic E-state index is 12.5. The number of amides is 3. The van der Waals surface area contributed by atoms with E-state index in [1.54, 1.807) is 24.3 Å². The lowest BCUT2D eigenvalue weighted by atomic mass is 9.94. The highest BCUT2D eigenvalue weighted by atomic mass is 32.2. The fourth-order valence-electron chi connectivity index (χ4n) is 3.01. The SMILES string of the molecule is O=CNc1ccc(C(=O)CN2C(=O)SC(=C3CCCCC3)C2=O)cc1. The van der Waals surface area contributed by atoms with Gasteiger partial charge in [-0.05, 0) is 61.7 Å². The van der Waals surface area contributed by atoms with E-state index in [0.717, 1.165) is 54.3 Å². The molecule has 1 heterocycles. The summed E-state index contributed by atoms with van der Waals surface area (Å²) in [5, 5.41) is 2.10. The summed E-state index contributed by atoms with van der Waals surface area (Å²) in [5.41, 5.74) is 2.01. The second-order valence-electron chi connectivity index (χ2n) is 6.02. The van der Waals surface area contributed by atoms with Crippen molar-refractivity contribution >= 4 is 40.8 Å². The van der Waals surface area contributed by atoms with Crippen molar-refractivity contribution in [1.29, 1.82) is 0 Å². The molecule has 130 valence electrons. The van der Waals surface area contributed by atoms with Crippen molar-refractivity contribution in [1.82, 2.24) is 4.90 Å². The Bertz CT molecular complexity index is 747. The summed E-state index contributed by atoms with van der Waals surface area (Å²) in [6.45, 7) is -0.262. The van der Waals surface area contributed by atoms with Crippen LogP contribution in [0.15, 0.2) is 34.7 Å². The average molecular weight is 358 g/mol. The van der Waals surface area contributed by atoms with Crippen LogP contribution in [-0.2, 0) is 9.59 Å². The minimum absolute atomic E-state index is 0.262. The monoisotopic (exact) mass is 358 g/mol. The lowest BCUT2D eigenvalue weighted by molar-refractivity contribution is -0.122. The fraction of sp³-hybridized carbons (Fsp3) is 0.333. The topological polar surface area (TPSA) is 83.6 Å². The van der Waals surface area contributed by atoms with Gasteiger partial charge < -0.3 is 5.32 Å². The van der Waals surface area contributed by atoms with E-state index in [2.05, 4.69) is 5.32 Å². The first-order chi connectivity index (χ1) is 12.1. The van der Waals surface area contributed by atoms with Gasteiger partial charge in [-0.25, -0.2) is 0 Å². The van der Waals surface area contributed by atoms with Gasteiger partial charge in [0.05, 0.1) is 11.4 Å². The number of ketones is 1. The van der Waals surface area contributed by atoms with Crippen LogP contribution in [0.1, 0.15) is 42.5 Å². The summed E-state index contributed by atoms with van der Waals surface area (Å²) in [6.07, 6.45) is 5.50. The fourth-order valence-corrected chi connectivity index (χ4v) is 3.99. The summed E-state index contributed by atoms with van der Waals surface area (Å²) >= 11 is 0.951. The number of nitrogens with one attached hydrogen (secondary N) is 1. The molecule has 0 bridgehead atoms. The Hall–Kier alpha value is -2.41. The van der Waals surface area contributed by atoms with Crippen LogP contribution in [0.2, 0.25) is 0 Å². The summed E-state index contributed by atoms with van der Waals surface area (Å²) in [7, 11) is 0. The van der Waals surface area contributed by atoms with E-state index in [4.69, 9.17) is 0 Å². The molecule has 1 saturated carbocycles. The summed E-state index contributed by atoms with van der Waals surface area (Å²) in [4.78, 5) is 49.0. The van der Waals surface area contributed by atoms with Crippen molar-refractivity contribution in [2.45, 2.75) is 32.1 Å². The van der Waals surface area contributed by atoms with Gasteiger partial charge in [-0.1, -0.05) is 12.0 Å². The van der Waals surface area contributed by atoms with Crippen LogP contribution >= 0.6 is 11.8 Å². The van der Waals surface area contributed by atoms with Gasteiger partial charge in [0.15, 0.2) is 5.78 Å². The smallest absolute Gasteiger partial charge is 0.293 e. The van der Waals surface area contributed by atoms with Gasteiger partial charge in [0.2, 0.25) is 6.41 Å². The van der Waals surface area contributed by atoms with E-state index in [1.165, 1.54) is 0 Å². The Kier molecular flexibility index (Phi) is 5.33. The predicted molar refractivity (Wildman–Crippen MR) is 95.3 cm³/mol. The number of anilines is 1. The Morgan fingerprint density at radius 3 is 2.44 bits per heavy atom. The normalized spacial score (nSPS) is 17.8. The summed E-state index contributed by atoms with van der Waals surface area (Å²) in [5.74, 6) is -0.658. The first kappa shape index (κ1) is 17.4. The minimum atomic E-state index is -0.384. The van der Waals surface area contributed by atoms with Crippen molar-refractivity contribution in [3.8, 4) is 0 Å². The summed E-state index contributed by atoms with van der Waals surface area (Å²) in [6, 6.07) is 6.32. The highest BCUT2D eigenvalue weighted by Crippen LogP contribution is 2.38. The molecule has 1 aliphatic carbocycles. The Balaban J connectivity index is 1.71. The van der Waals surface area contributed by atoms with Crippen molar-refractivity contribution in [2.75, 3.05) is 11.9 Å². The van der Waals surface area contributed by atoms with Gasteiger partial charge in [0, 0.05) is 11.3 Å². The Labute approximate surface area is 149 Å². The zero-order valence-corrected chi connectivity index (χ0v) is 14.4. The standard InChI is InChI=1S/C18H18N2O4S/c21-11-19-14-8-6-12(7-9-14)15(22)10-20-17(23)16(25-18(20)24)13-4-2-1-3-5-13/h6-9,11H,1-5,10H2,(H,19,21). The van der Waals surface area contributed by atoms with Crippen LogP contribution in [-0.4, -0.2) is 34.8 Å². The number of imide groups is 1. The maximum atomic E-state index is 12.5. The van der Waals surface area contributed by atoms with Crippen molar-refractivity contribution in [3.63, 3.8) is 0 Å². The Morgan fingerprint density at radius 2 is 1.80 bits per heavy atom. The molecule has 0 radical (unpaired) electrons. The van der Waals surface area contributed by atoms with E-state index < -0.39 is 0 Å². The number of nitrogens with zero attached hydrogens (tertiary/aromatic N) is 1. The maximum Gasteiger partial charge on any atom is 0.293 e. The molecule has 3 amide bonds. The molecule has 1 saturated heterocycles. The van der Waals surface area contributed by atoms with E-state index in [0.29, 0.717) is 22.6 Å². The van der Waals surface area contributed by atoms with E-state index in [9.17, 15) is 19.2 Å². The lowest BCUT2D eigenvalue weighted by Gasteiger charge is -2.15. The molecule has 1 aromatic rings. The third-order valence-corrected chi connectivity index (χ3v) is 5.42. The number of allylic oxidation sites excluding steroid dienone is 1. The van der Waals surface area contributed by atoms with Crippen LogP contribution < -0.4 is 5.32 Å². The molecule has 0 atom stereocenters. The van der Waals surface area contributed by atoms with Gasteiger partial charge >= 0.3 is 0 Å². The molecule has 6 nitrogen and oxygen atoms in total. The zero-order chi connectivity index (χ0) is 17.8. The molecule has 25 heavy (non-hydrogen) atoms. The third-order valence-electron chi connectivity index (χ3n) is 4.36. The highest BCUT2D eigenvalue weighted by molar-refractivity contribution is 8.18. The molecule has 1 aromatic carbocycles. The molecule has 1 aliphatic heterocycles. The average Bonchev–Trinajstić information content (AvgIpc) is 2.91. The number of rotatable bonds is 5. The second kappa shape index (κ2) is 7.65. The Morgan fingerprint density at radius 1 is 1.12 bits per heavy atom. The van der Waals surface area contributed by atoms with Gasteiger partial charge in [-0.3, -0.25) is 24.1 Å². The van der Waals surface area contributed by atoms with Crippen molar-refractivity contribution in [3.05, 3.63) is 40.3 Å². The van der Waals surface area contributed by atoms with E-state index in [-0.39, 0.29) is 23.5 Å². The van der Waals surface area contributed by atoms with Gasteiger partial charge in [0.1, 0.15) is 0 Å². The first-order valence-corrected chi connectivity index (χ1v) is 9.01. The molecule has 7 heteroatoms. The van der Waals surface area contributed by atoms with Crippen LogP contribution in [0.5, 0.6) is 0 Å². The molecular weight excluding hydrogens is 340 g/mol. The number of hydrogen-bond donors (Lipinski definition) is 1. The number of benzene rings is 1. The molecule has 2 aliphatic rings. The summed E-state index contributed by atoms with van der Waals surface area (Å²) < 4.78 is 0. The number of hydrogen-bond acceptors (Lipinski definition) is 5. The van der Waals surface area contributed by atoms with Crippen LogP contribution in [0.3, 0.4) is 0 Å². The van der Waals surface area contributed by atoms with Gasteiger partial charge in [-0.15, -0.1) is 0 Å². The van der Waals surface area contributed by atoms with E-state index in [1.807, 2.05) is 0 Å². The lowest BCUT2D eigenvalue weighted by Crippen LogP contribution is -2.33. The van der Waals surface area contributed by atoms with Crippen molar-refractivity contribution < 1.29 is 19.2 Å². The predicted octanol–water partition coefficient (Wildman–Crippen LogP) is 3.35. The van der Waals surface area contributed by atoms with Crippen LogP contribution in [0.4, 0.5) is 10.5 Å². The minimum Gasteiger partial charge on any atom is -0.329 e. The third kappa shape index (κ3) is 3.82. The molecule has 0 aromatic heterocycles. The van der Waals surface area contributed by atoms with Gasteiger partial charge in [-0.2, -0.15) is 0 Å². The van der Waals surface area contributed by atoms with E-state index >= 15 is 0 Å². The number of carbonyl (C=O) groups excluding carboxylic acids is 4. The molecule has 1 N–H and O–H groups in total. The van der Waals surface area contributed by atoms with Gasteiger partial charge in [0.25, 0.3) is 11.1 Å². The first-order valence-electron chi connectivity index (χ1n) is 8.19. The molecule has 2 fully saturated rings. The van der Waals surface area contributed by atoms with Crippen molar-refractivity contribution in [2.24, 2.45) is 0 Å². The number of Topliss-reactive ketones (excluding diaryl/α,β-unsaturated/α-hetero) is 1. The quantitative estimate of drug-likeness (QED) is 0.496. The molecule has 3 rings (SSSR count). The zero-order valence-electron chi connectivity index (χ0n) is 13.6. The second-order valence-corrected chi connectivity index (χ2v) is 6.98. The number of carbonyl (C=O) groups is 4. The molecule has 0 unspecified atom stereocenters. The molecular formula is C18H18N2O4S. The van der Waals surface area contributed by atoms with Crippen LogP contribution in [0, 0.1) is 0 Å². The highest BCUT2D eigenvalue weighted by Gasteiger charge is 2.38. The van der Waals surface area contributed by atoms with Crippen LogP contribution in [0.25, 0.3) is 0 Å². The largest absolute Gasteiger partial charge is 0.329 e. The molecule has 0 spiro atoms.